The summed E-state index contributed by atoms with van der Waals surface area (Å²) in [6.45, 7) is 4.00. The highest BCUT2D eigenvalue weighted by atomic mass is 16.4. The third-order valence-corrected chi connectivity index (χ3v) is 2.91. The number of hydrogen-bond donors (Lipinski definition) is 2. The van der Waals surface area contributed by atoms with E-state index in [-0.39, 0.29) is 23.4 Å². The van der Waals surface area contributed by atoms with Crippen LogP contribution in [0.3, 0.4) is 0 Å². The number of nitrogens with zero attached hydrogens (tertiary/aromatic N) is 4. The molecule has 7 nitrogen and oxygen atoms in total. The van der Waals surface area contributed by atoms with Crippen LogP contribution in [-0.2, 0) is 0 Å². The first-order valence-corrected chi connectivity index (χ1v) is 5.75. The van der Waals surface area contributed by atoms with Crippen molar-refractivity contribution in [3.8, 4) is 6.01 Å². The molecule has 0 aromatic carbocycles. The summed E-state index contributed by atoms with van der Waals surface area (Å²) in [6, 6.07) is -0.110. The highest BCUT2D eigenvalue weighted by Gasteiger charge is 2.19. The number of carboxylic acid groups (broad SMARTS) is 1. The number of aromatic nitrogens is 4. The first kappa shape index (κ1) is 12.3. The minimum absolute atomic E-state index is 0.0694. The number of imidazole rings is 1. The van der Waals surface area contributed by atoms with Crippen LogP contribution in [0.25, 0.3) is 11.3 Å². The Morgan fingerprint density at radius 2 is 2.06 bits per heavy atom. The minimum Gasteiger partial charge on any atom is -0.480 e. The lowest BCUT2D eigenvalue weighted by molar-refractivity contribution is 0.0690. The lowest BCUT2D eigenvalue weighted by Crippen LogP contribution is -2.08. The molecule has 0 unspecified atom stereocenters. The van der Waals surface area contributed by atoms with Gasteiger partial charge in [0.05, 0.1) is 6.20 Å². The summed E-state index contributed by atoms with van der Waals surface area (Å²) >= 11 is 0. The summed E-state index contributed by atoms with van der Waals surface area (Å²) in [5.74, 6) is -1.17. The summed E-state index contributed by atoms with van der Waals surface area (Å²) < 4.78 is 1.59. The summed E-state index contributed by atoms with van der Waals surface area (Å²) in [5, 5.41) is 18.6. The summed E-state index contributed by atoms with van der Waals surface area (Å²) in [4.78, 5) is 22.5. The Kier molecular flexibility index (Phi) is 3.14. The standard InChI is InChI=1S/C11H14N4O3/c1-3-6(4-2)15-9-8(14-11(15)18)13-7(5-12-9)10(16)17/h5-6H,3-4H2,1-2H3,(H,16,17)(H,13,14,18). The Balaban J connectivity index is 2.62. The van der Waals surface area contributed by atoms with Crippen LogP contribution in [0.2, 0.25) is 0 Å². The van der Waals surface area contributed by atoms with E-state index in [1.807, 2.05) is 13.8 Å². The van der Waals surface area contributed by atoms with Crippen LogP contribution in [0, 0.1) is 0 Å². The van der Waals surface area contributed by atoms with Crippen LogP contribution in [0.15, 0.2) is 6.20 Å². The Hall–Kier alpha value is -2.18. The van der Waals surface area contributed by atoms with E-state index >= 15 is 0 Å². The number of hydrogen-bond acceptors (Lipinski definition) is 5. The van der Waals surface area contributed by atoms with Gasteiger partial charge >= 0.3 is 5.97 Å². The Morgan fingerprint density at radius 1 is 1.39 bits per heavy atom. The number of aromatic carboxylic acids is 1. The summed E-state index contributed by atoms with van der Waals surface area (Å²) in [7, 11) is 0. The maximum atomic E-state index is 10.8. The molecule has 0 bridgehead atoms. The molecule has 0 amide bonds. The number of fused-ring (bicyclic) bond motifs is 1. The number of rotatable bonds is 4. The molecule has 0 saturated heterocycles. The van der Waals surface area contributed by atoms with E-state index in [1.54, 1.807) is 4.57 Å². The number of aromatic hydroxyl groups is 1. The van der Waals surface area contributed by atoms with E-state index in [9.17, 15) is 9.90 Å². The topological polar surface area (TPSA) is 101 Å². The average Bonchev–Trinajstić information content (AvgIpc) is 2.67. The predicted molar refractivity (Wildman–Crippen MR) is 63.6 cm³/mol. The third kappa shape index (κ3) is 1.87. The quantitative estimate of drug-likeness (QED) is 0.854. The molecule has 2 aromatic heterocycles. The van der Waals surface area contributed by atoms with Crippen LogP contribution in [0.4, 0.5) is 0 Å². The van der Waals surface area contributed by atoms with Gasteiger partial charge in [-0.05, 0) is 12.8 Å². The zero-order chi connectivity index (χ0) is 13.3. The minimum atomic E-state index is -1.17. The molecule has 0 aliphatic heterocycles. The van der Waals surface area contributed by atoms with E-state index < -0.39 is 5.97 Å². The number of carbonyl (C=O) groups is 1. The molecule has 0 aliphatic rings. The van der Waals surface area contributed by atoms with Crippen LogP contribution < -0.4 is 0 Å². The summed E-state index contributed by atoms with van der Waals surface area (Å²) in [6.07, 6.45) is 2.81. The van der Waals surface area contributed by atoms with Crippen molar-refractivity contribution in [2.45, 2.75) is 32.7 Å². The van der Waals surface area contributed by atoms with E-state index in [2.05, 4.69) is 15.0 Å². The van der Waals surface area contributed by atoms with E-state index in [0.717, 1.165) is 12.8 Å². The van der Waals surface area contributed by atoms with Gasteiger partial charge in [-0.2, -0.15) is 4.98 Å². The Labute approximate surface area is 103 Å². The van der Waals surface area contributed by atoms with Gasteiger partial charge in [0.15, 0.2) is 11.3 Å². The van der Waals surface area contributed by atoms with Crippen molar-refractivity contribution in [1.29, 1.82) is 0 Å². The molecule has 18 heavy (non-hydrogen) atoms. The molecule has 0 fully saturated rings. The number of carboxylic acids is 1. The first-order chi connectivity index (χ1) is 8.58. The Morgan fingerprint density at radius 3 is 2.61 bits per heavy atom. The molecule has 0 saturated carbocycles. The fourth-order valence-corrected chi connectivity index (χ4v) is 1.95. The molecule has 7 heteroatoms. The zero-order valence-electron chi connectivity index (χ0n) is 10.2. The van der Waals surface area contributed by atoms with Gasteiger partial charge < -0.3 is 10.2 Å². The fraction of sp³-hybridized carbons (Fsp3) is 0.455. The highest BCUT2D eigenvalue weighted by Crippen LogP contribution is 2.26. The molecule has 2 rings (SSSR count). The van der Waals surface area contributed by atoms with E-state index in [0.29, 0.717) is 5.65 Å². The highest BCUT2D eigenvalue weighted by molar-refractivity contribution is 5.86. The van der Waals surface area contributed by atoms with Crippen molar-refractivity contribution in [2.24, 2.45) is 0 Å². The lowest BCUT2D eigenvalue weighted by Gasteiger charge is -2.14. The van der Waals surface area contributed by atoms with Crippen molar-refractivity contribution in [3.63, 3.8) is 0 Å². The van der Waals surface area contributed by atoms with Gasteiger partial charge in [0.1, 0.15) is 0 Å². The van der Waals surface area contributed by atoms with Crippen LogP contribution in [0.1, 0.15) is 43.2 Å². The first-order valence-electron chi connectivity index (χ1n) is 5.75. The van der Waals surface area contributed by atoms with Crippen LogP contribution in [-0.4, -0.2) is 35.7 Å². The van der Waals surface area contributed by atoms with Gasteiger partial charge in [-0.25, -0.2) is 14.8 Å². The SMILES string of the molecule is CCC(CC)n1c(O)nc2nc(C(=O)O)cnc21. The van der Waals surface area contributed by atoms with Gasteiger partial charge in [-0.3, -0.25) is 4.57 Å². The Bertz CT molecular complexity index is 589. The molecule has 0 aliphatic carbocycles. The van der Waals surface area contributed by atoms with Crippen LogP contribution in [0.5, 0.6) is 6.01 Å². The van der Waals surface area contributed by atoms with Crippen molar-refractivity contribution in [1.82, 2.24) is 19.5 Å². The smallest absolute Gasteiger partial charge is 0.356 e. The second-order valence-electron chi connectivity index (χ2n) is 3.96. The average molecular weight is 250 g/mol. The predicted octanol–water partition coefficient (Wildman–Crippen LogP) is 1.59. The van der Waals surface area contributed by atoms with Gasteiger partial charge in [0.2, 0.25) is 5.65 Å². The van der Waals surface area contributed by atoms with Gasteiger partial charge in [-0.15, -0.1) is 0 Å². The molecule has 2 heterocycles. The molecular formula is C11H14N4O3. The third-order valence-electron chi connectivity index (χ3n) is 2.91. The molecular weight excluding hydrogens is 236 g/mol. The molecule has 96 valence electrons. The largest absolute Gasteiger partial charge is 0.480 e. The van der Waals surface area contributed by atoms with Crippen molar-refractivity contribution < 1.29 is 15.0 Å². The molecule has 2 aromatic rings. The monoisotopic (exact) mass is 250 g/mol. The second kappa shape index (κ2) is 4.59. The molecule has 2 N–H and O–H groups in total. The van der Waals surface area contributed by atoms with Crippen molar-refractivity contribution in [2.75, 3.05) is 0 Å². The zero-order valence-corrected chi connectivity index (χ0v) is 10.2. The van der Waals surface area contributed by atoms with Gasteiger partial charge in [0, 0.05) is 6.04 Å². The van der Waals surface area contributed by atoms with Crippen molar-refractivity contribution >= 4 is 17.3 Å². The fourth-order valence-electron chi connectivity index (χ4n) is 1.95. The molecule has 0 radical (unpaired) electrons. The molecule has 0 atom stereocenters. The normalized spacial score (nSPS) is 11.3. The van der Waals surface area contributed by atoms with E-state index in [4.69, 9.17) is 5.11 Å². The maximum Gasteiger partial charge on any atom is 0.356 e. The second-order valence-corrected chi connectivity index (χ2v) is 3.96. The van der Waals surface area contributed by atoms with E-state index in [1.165, 1.54) is 6.20 Å². The summed E-state index contributed by atoms with van der Waals surface area (Å²) in [5.41, 5.74) is 0.377. The lowest BCUT2D eigenvalue weighted by atomic mass is 10.2. The van der Waals surface area contributed by atoms with Crippen molar-refractivity contribution in [3.05, 3.63) is 11.9 Å². The maximum absolute atomic E-state index is 10.8. The molecule has 0 spiro atoms. The van der Waals surface area contributed by atoms with Crippen LogP contribution >= 0.6 is 0 Å². The van der Waals surface area contributed by atoms with Gasteiger partial charge in [-0.1, -0.05) is 13.8 Å². The van der Waals surface area contributed by atoms with Gasteiger partial charge in [0.25, 0.3) is 6.01 Å².